The summed E-state index contributed by atoms with van der Waals surface area (Å²) in [5.41, 5.74) is 4.63. The van der Waals surface area contributed by atoms with Gasteiger partial charge in [0, 0.05) is 33.9 Å². The molecule has 0 saturated carbocycles. The predicted octanol–water partition coefficient (Wildman–Crippen LogP) is 6.15. The van der Waals surface area contributed by atoms with Gasteiger partial charge in [0.1, 0.15) is 17.4 Å². The highest BCUT2D eigenvalue weighted by Gasteiger charge is 2.35. The van der Waals surface area contributed by atoms with Gasteiger partial charge in [-0.3, -0.25) is 14.5 Å². The number of carbonyl (C=O) groups is 2. The summed E-state index contributed by atoms with van der Waals surface area (Å²) in [6.07, 6.45) is 4.03. The third kappa shape index (κ3) is 5.37. The van der Waals surface area contributed by atoms with E-state index in [9.17, 15) is 14.9 Å². The van der Waals surface area contributed by atoms with Gasteiger partial charge in [0.05, 0.1) is 18.5 Å². The molecule has 0 saturated heterocycles. The van der Waals surface area contributed by atoms with Crippen molar-refractivity contribution < 1.29 is 14.3 Å². The van der Waals surface area contributed by atoms with Gasteiger partial charge in [-0.2, -0.15) is 10.4 Å². The van der Waals surface area contributed by atoms with Crippen LogP contribution in [0.4, 0.5) is 0 Å². The van der Waals surface area contributed by atoms with Crippen LogP contribution in [-0.4, -0.2) is 40.1 Å². The average molecular weight is 593 g/mol. The van der Waals surface area contributed by atoms with Crippen LogP contribution in [-0.2, 0) is 16.0 Å². The molecule has 3 aromatic carbocycles. The lowest BCUT2D eigenvalue weighted by Gasteiger charge is -2.27. The van der Waals surface area contributed by atoms with E-state index in [1.165, 1.54) is 0 Å². The Morgan fingerprint density at radius 1 is 0.975 bits per heavy atom. The van der Waals surface area contributed by atoms with Gasteiger partial charge in [-0.25, -0.2) is 4.68 Å². The van der Waals surface area contributed by atoms with Crippen LogP contribution >= 0.6 is 15.9 Å². The first kappa shape index (κ1) is 26.9. The molecule has 0 spiro atoms. The second-order valence-electron chi connectivity index (χ2n) is 9.25. The minimum atomic E-state index is -0.580. The van der Waals surface area contributed by atoms with E-state index in [0.29, 0.717) is 23.3 Å². The number of carbonyl (C=O) groups excluding carboxylic acids is 2. The zero-order chi connectivity index (χ0) is 28.2. The van der Waals surface area contributed by atoms with Gasteiger partial charge in [0.15, 0.2) is 0 Å². The van der Waals surface area contributed by atoms with Crippen molar-refractivity contribution in [3.63, 3.8) is 0 Å². The molecule has 2 heterocycles. The van der Waals surface area contributed by atoms with Crippen molar-refractivity contribution in [2.24, 2.45) is 0 Å². The number of hydrogen-bond donors (Lipinski definition) is 0. The van der Waals surface area contributed by atoms with Gasteiger partial charge >= 0.3 is 0 Å². The van der Waals surface area contributed by atoms with Crippen molar-refractivity contribution in [1.29, 1.82) is 5.26 Å². The highest BCUT2D eigenvalue weighted by atomic mass is 79.9. The molecule has 0 unspecified atom stereocenters. The lowest BCUT2D eigenvalue weighted by atomic mass is 9.93. The molecule has 8 heteroatoms. The Morgan fingerprint density at radius 2 is 1.68 bits per heavy atom. The fraction of sp³-hybridized carbons (Fsp3) is 0.125. The number of para-hydroxylation sites is 1. The van der Waals surface area contributed by atoms with Gasteiger partial charge in [-0.15, -0.1) is 0 Å². The SMILES string of the molecule is COc1ccc(CCN2C(=O)C(C#N)=C(C)/C(=C\c3cn(-c4ccccc4)nc3-c3ccc(Br)cc3)C2=O)cc1. The summed E-state index contributed by atoms with van der Waals surface area (Å²) in [6.45, 7) is 1.78. The monoisotopic (exact) mass is 592 g/mol. The highest BCUT2D eigenvalue weighted by molar-refractivity contribution is 9.10. The van der Waals surface area contributed by atoms with Crippen molar-refractivity contribution in [2.45, 2.75) is 13.3 Å². The molecule has 2 amide bonds. The zero-order valence-electron chi connectivity index (χ0n) is 22.0. The third-order valence-electron chi connectivity index (χ3n) is 6.79. The molecule has 0 atom stereocenters. The summed E-state index contributed by atoms with van der Waals surface area (Å²) in [6, 6.07) is 26.9. The molecule has 0 aliphatic carbocycles. The normalized spacial score (nSPS) is 14.6. The first-order valence-corrected chi connectivity index (χ1v) is 13.4. The molecule has 0 fully saturated rings. The number of rotatable bonds is 7. The largest absolute Gasteiger partial charge is 0.497 e. The molecule has 0 bridgehead atoms. The number of hydrogen-bond acceptors (Lipinski definition) is 5. The van der Waals surface area contributed by atoms with Crippen LogP contribution in [0.15, 0.2) is 106 Å². The summed E-state index contributed by atoms with van der Waals surface area (Å²) in [7, 11) is 1.59. The quantitative estimate of drug-likeness (QED) is 0.190. The molecule has 0 N–H and O–H groups in total. The fourth-order valence-corrected chi connectivity index (χ4v) is 4.82. The fourth-order valence-electron chi connectivity index (χ4n) is 4.56. The van der Waals surface area contributed by atoms with E-state index in [0.717, 1.165) is 31.9 Å². The maximum atomic E-state index is 13.7. The molecule has 1 aliphatic heterocycles. The first-order valence-electron chi connectivity index (χ1n) is 12.6. The lowest BCUT2D eigenvalue weighted by Crippen LogP contribution is -2.43. The van der Waals surface area contributed by atoms with Crippen molar-refractivity contribution in [1.82, 2.24) is 14.7 Å². The summed E-state index contributed by atoms with van der Waals surface area (Å²) in [5.74, 6) is -0.296. The lowest BCUT2D eigenvalue weighted by molar-refractivity contribution is -0.140. The molecular formula is C32H25BrN4O3. The van der Waals surface area contributed by atoms with Gasteiger partial charge in [-0.05, 0) is 67.0 Å². The molecule has 0 radical (unpaired) electrons. The zero-order valence-corrected chi connectivity index (χ0v) is 23.6. The van der Waals surface area contributed by atoms with Crippen LogP contribution in [0.25, 0.3) is 23.0 Å². The summed E-state index contributed by atoms with van der Waals surface area (Å²) >= 11 is 3.48. The van der Waals surface area contributed by atoms with Crippen LogP contribution in [0.3, 0.4) is 0 Å². The Kier molecular flexibility index (Phi) is 7.76. The number of aromatic nitrogens is 2. The number of halogens is 1. The second kappa shape index (κ2) is 11.6. The van der Waals surface area contributed by atoms with Gasteiger partial charge in [0.2, 0.25) is 0 Å². The molecule has 1 aromatic heterocycles. The van der Waals surface area contributed by atoms with Crippen LogP contribution in [0.2, 0.25) is 0 Å². The van der Waals surface area contributed by atoms with E-state index < -0.39 is 11.8 Å². The van der Waals surface area contributed by atoms with E-state index in [2.05, 4.69) is 15.9 Å². The Labute approximate surface area is 240 Å². The summed E-state index contributed by atoms with van der Waals surface area (Å²) in [5, 5.41) is 14.7. The predicted molar refractivity (Wildman–Crippen MR) is 156 cm³/mol. The van der Waals surface area contributed by atoms with Crippen LogP contribution < -0.4 is 4.74 Å². The topological polar surface area (TPSA) is 88.2 Å². The average Bonchev–Trinajstić information content (AvgIpc) is 3.40. The van der Waals surface area contributed by atoms with E-state index >= 15 is 0 Å². The summed E-state index contributed by atoms with van der Waals surface area (Å²) in [4.78, 5) is 28.1. The third-order valence-corrected chi connectivity index (χ3v) is 7.32. The number of benzene rings is 3. The Bertz CT molecular complexity index is 1680. The second-order valence-corrected chi connectivity index (χ2v) is 10.2. The minimum Gasteiger partial charge on any atom is -0.497 e. The van der Waals surface area contributed by atoms with E-state index in [4.69, 9.17) is 9.84 Å². The maximum absolute atomic E-state index is 13.7. The smallest absolute Gasteiger partial charge is 0.271 e. The minimum absolute atomic E-state index is 0.0405. The number of nitrogens with zero attached hydrogens (tertiary/aromatic N) is 4. The Hall–Kier alpha value is -4.74. The van der Waals surface area contributed by atoms with Crippen LogP contribution in [0.5, 0.6) is 5.75 Å². The van der Waals surface area contributed by atoms with E-state index in [1.54, 1.807) is 24.8 Å². The van der Waals surface area contributed by atoms with Crippen LogP contribution in [0, 0.1) is 11.3 Å². The first-order chi connectivity index (χ1) is 19.4. The number of imide groups is 1. The molecular weight excluding hydrogens is 568 g/mol. The number of amides is 2. The van der Waals surface area contributed by atoms with Gasteiger partial charge in [0.25, 0.3) is 11.8 Å². The van der Waals surface area contributed by atoms with Gasteiger partial charge in [-0.1, -0.05) is 58.4 Å². The molecule has 40 heavy (non-hydrogen) atoms. The highest BCUT2D eigenvalue weighted by Crippen LogP contribution is 2.32. The molecule has 198 valence electrons. The molecule has 7 nitrogen and oxygen atoms in total. The molecule has 5 rings (SSSR count). The molecule has 1 aliphatic rings. The number of ether oxygens (including phenoxy) is 1. The maximum Gasteiger partial charge on any atom is 0.271 e. The van der Waals surface area contributed by atoms with E-state index in [1.807, 2.05) is 91.1 Å². The van der Waals surface area contributed by atoms with Crippen molar-refractivity contribution in [2.75, 3.05) is 13.7 Å². The van der Waals surface area contributed by atoms with Crippen molar-refractivity contribution in [3.05, 3.63) is 117 Å². The van der Waals surface area contributed by atoms with Gasteiger partial charge < -0.3 is 4.74 Å². The number of methoxy groups -OCH3 is 1. The van der Waals surface area contributed by atoms with Crippen molar-refractivity contribution in [3.8, 4) is 28.8 Å². The van der Waals surface area contributed by atoms with Crippen LogP contribution in [0.1, 0.15) is 18.1 Å². The summed E-state index contributed by atoms with van der Waals surface area (Å²) < 4.78 is 7.90. The van der Waals surface area contributed by atoms with Crippen molar-refractivity contribution >= 4 is 33.8 Å². The Balaban J connectivity index is 1.56. The standard InChI is InChI=1S/C32H25BrN4O3/c1-21-28(31(38)36(32(39)29(21)19-34)17-16-22-8-14-27(40-2)15-9-22)18-24-20-37(26-6-4-3-5-7-26)35-30(24)23-10-12-25(33)13-11-23/h3-15,18,20H,16-17H2,1-2H3/b28-18+. The molecule has 4 aromatic rings. The van der Waals surface area contributed by atoms with E-state index in [-0.39, 0.29) is 17.7 Å². The Morgan fingerprint density at radius 3 is 2.33 bits per heavy atom. The number of nitriles is 1.